The first-order valence-corrected chi connectivity index (χ1v) is 12.1. The van der Waals surface area contributed by atoms with Crippen LogP contribution in [0.25, 0.3) is 11.3 Å². The van der Waals surface area contributed by atoms with Crippen LogP contribution in [0.5, 0.6) is 0 Å². The van der Waals surface area contributed by atoms with E-state index in [0.29, 0.717) is 37.8 Å². The number of urea groups is 1. The summed E-state index contributed by atoms with van der Waals surface area (Å²) in [5.74, 6) is 0.973. The van der Waals surface area contributed by atoms with Gasteiger partial charge in [0.2, 0.25) is 5.91 Å². The van der Waals surface area contributed by atoms with Gasteiger partial charge in [-0.2, -0.15) is 0 Å². The fraction of sp³-hybridized carbons (Fsp3) is 0.520. The number of aromatic nitrogens is 2. The third-order valence-electron chi connectivity index (χ3n) is 6.16. The number of rotatable bonds is 7. The molecule has 0 unspecified atom stereocenters. The Balaban J connectivity index is 1.34. The first-order chi connectivity index (χ1) is 16.4. The van der Waals surface area contributed by atoms with Crippen LogP contribution in [0.1, 0.15) is 33.1 Å². The zero-order chi connectivity index (χ0) is 24.1. The molecule has 1 aromatic heterocycles. The Labute approximate surface area is 200 Å². The molecule has 1 N–H and O–H groups in total. The summed E-state index contributed by atoms with van der Waals surface area (Å²) < 4.78 is 13.2. The molecule has 0 spiro atoms. The zero-order valence-corrected chi connectivity index (χ0v) is 19.9. The molecule has 2 aromatic rings. The lowest BCUT2D eigenvalue weighted by Crippen LogP contribution is -2.49. The van der Waals surface area contributed by atoms with Gasteiger partial charge in [0.15, 0.2) is 5.82 Å². The molecule has 0 atom stereocenters. The van der Waals surface area contributed by atoms with Crippen molar-refractivity contribution in [2.45, 2.75) is 39.2 Å². The quantitative estimate of drug-likeness (QED) is 0.675. The van der Waals surface area contributed by atoms with E-state index in [1.54, 1.807) is 17.0 Å². The molecule has 8 nitrogen and oxygen atoms in total. The van der Waals surface area contributed by atoms with E-state index in [1.165, 1.54) is 12.1 Å². The lowest BCUT2D eigenvalue weighted by atomic mass is 10.1. The highest BCUT2D eigenvalue weighted by molar-refractivity contribution is 5.84. The summed E-state index contributed by atoms with van der Waals surface area (Å²) in [6, 6.07) is 9.84. The second-order valence-corrected chi connectivity index (χ2v) is 9.43. The molecule has 2 aliphatic rings. The van der Waals surface area contributed by atoms with Gasteiger partial charge in [0.25, 0.3) is 0 Å². The van der Waals surface area contributed by atoms with E-state index in [-0.39, 0.29) is 30.3 Å². The lowest BCUT2D eigenvalue weighted by Gasteiger charge is -2.28. The van der Waals surface area contributed by atoms with Gasteiger partial charge >= 0.3 is 6.03 Å². The van der Waals surface area contributed by atoms with E-state index in [2.05, 4.69) is 20.4 Å². The number of hydrogen-bond acceptors (Lipinski definition) is 5. The molecule has 1 aliphatic carbocycles. The lowest BCUT2D eigenvalue weighted by molar-refractivity contribution is -0.131. The number of nitrogens with zero attached hydrogens (tertiary/aromatic N) is 5. The van der Waals surface area contributed by atoms with Gasteiger partial charge in [-0.3, -0.25) is 4.79 Å². The van der Waals surface area contributed by atoms with Crippen molar-refractivity contribution in [3.8, 4) is 11.3 Å². The standard InChI is InChI=1S/C25H33FN6O2/c1-18(2)27-25(34)32(16-19-4-5-19)17-24(33)31-13-3-12-30(14-15-31)23-11-10-22(28-29-23)20-6-8-21(26)9-7-20/h6-11,18-19H,3-5,12-17H2,1-2H3,(H,27,34). The summed E-state index contributed by atoms with van der Waals surface area (Å²) in [6.07, 6.45) is 3.06. The molecule has 2 heterocycles. The van der Waals surface area contributed by atoms with Crippen molar-refractivity contribution in [1.82, 2.24) is 25.3 Å². The molecule has 2 fully saturated rings. The molecule has 1 aromatic carbocycles. The van der Waals surface area contributed by atoms with E-state index in [9.17, 15) is 14.0 Å². The molecule has 34 heavy (non-hydrogen) atoms. The highest BCUT2D eigenvalue weighted by Crippen LogP contribution is 2.29. The molecule has 1 saturated heterocycles. The summed E-state index contributed by atoms with van der Waals surface area (Å²) in [5, 5.41) is 11.6. The van der Waals surface area contributed by atoms with Crippen LogP contribution >= 0.6 is 0 Å². The topological polar surface area (TPSA) is 81.7 Å². The number of halogens is 1. The van der Waals surface area contributed by atoms with Crippen molar-refractivity contribution in [3.63, 3.8) is 0 Å². The summed E-state index contributed by atoms with van der Waals surface area (Å²) in [6.45, 7) is 7.25. The Morgan fingerprint density at radius 1 is 1.06 bits per heavy atom. The molecule has 4 rings (SSSR count). The van der Waals surface area contributed by atoms with Crippen LogP contribution in [0, 0.1) is 11.7 Å². The average Bonchev–Trinajstić information content (AvgIpc) is 3.65. The maximum absolute atomic E-state index is 13.2. The number of hydrogen-bond donors (Lipinski definition) is 1. The summed E-state index contributed by atoms with van der Waals surface area (Å²) >= 11 is 0. The molecule has 182 valence electrons. The maximum atomic E-state index is 13.2. The van der Waals surface area contributed by atoms with Gasteiger partial charge in [-0.05, 0) is 75.4 Å². The minimum Gasteiger partial charge on any atom is -0.353 e. The molecular weight excluding hydrogens is 435 g/mol. The zero-order valence-electron chi connectivity index (χ0n) is 19.9. The van der Waals surface area contributed by atoms with E-state index in [4.69, 9.17) is 0 Å². The van der Waals surface area contributed by atoms with Crippen LogP contribution in [0.3, 0.4) is 0 Å². The number of anilines is 1. The van der Waals surface area contributed by atoms with Gasteiger partial charge in [-0.1, -0.05) is 0 Å². The van der Waals surface area contributed by atoms with Crippen molar-refractivity contribution >= 4 is 17.8 Å². The van der Waals surface area contributed by atoms with Crippen molar-refractivity contribution in [2.24, 2.45) is 5.92 Å². The van der Waals surface area contributed by atoms with Gasteiger partial charge in [0, 0.05) is 44.3 Å². The van der Waals surface area contributed by atoms with Gasteiger partial charge < -0.3 is 20.0 Å². The number of carbonyl (C=O) groups excluding carboxylic acids is 2. The van der Waals surface area contributed by atoms with Crippen LogP contribution < -0.4 is 10.2 Å². The highest BCUT2D eigenvalue weighted by Gasteiger charge is 2.30. The predicted octanol–water partition coefficient (Wildman–Crippen LogP) is 3.15. The Hall–Kier alpha value is -3.23. The Kier molecular flexibility index (Phi) is 7.59. The predicted molar refractivity (Wildman–Crippen MR) is 129 cm³/mol. The maximum Gasteiger partial charge on any atom is 0.318 e. The largest absolute Gasteiger partial charge is 0.353 e. The Morgan fingerprint density at radius 2 is 1.82 bits per heavy atom. The molecule has 1 saturated carbocycles. The summed E-state index contributed by atoms with van der Waals surface area (Å²) in [7, 11) is 0. The van der Waals surface area contributed by atoms with Crippen LogP contribution in [0.4, 0.5) is 15.0 Å². The van der Waals surface area contributed by atoms with Crippen molar-refractivity contribution in [3.05, 3.63) is 42.2 Å². The van der Waals surface area contributed by atoms with Crippen molar-refractivity contribution < 1.29 is 14.0 Å². The van der Waals surface area contributed by atoms with Crippen LogP contribution in [0.15, 0.2) is 36.4 Å². The molecule has 0 radical (unpaired) electrons. The van der Waals surface area contributed by atoms with E-state index < -0.39 is 0 Å². The fourth-order valence-corrected chi connectivity index (χ4v) is 4.10. The van der Waals surface area contributed by atoms with Crippen LogP contribution in [-0.4, -0.2) is 77.2 Å². The monoisotopic (exact) mass is 468 g/mol. The molecule has 9 heteroatoms. The van der Waals surface area contributed by atoms with Crippen LogP contribution in [0.2, 0.25) is 0 Å². The number of nitrogens with one attached hydrogen (secondary N) is 1. The second-order valence-electron chi connectivity index (χ2n) is 9.43. The second kappa shape index (κ2) is 10.8. The van der Waals surface area contributed by atoms with Gasteiger partial charge in [-0.25, -0.2) is 9.18 Å². The number of benzene rings is 1. The van der Waals surface area contributed by atoms with Crippen LogP contribution in [-0.2, 0) is 4.79 Å². The smallest absolute Gasteiger partial charge is 0.318 e. The molecule has 0 bridgehead atoms. The first-order valence-electron chi connectivity index (χ1n) is 12.1. The van der Waals surface area contributed by atoms with E-state index in [0.717, 1.165) is 37.2 Å². The third kappa shape index (κ3) is 6.42. The minimum atomic E-state index is -0.284. The molecule has 1 aliphatic heterocycles. The molecule has 3 amide bonds. The minimum absolute atomic E-state index is 0.0147. The Morgan fingerprint density at radius 3 is 2.47 bits per heavy atom. The Bertz CT molecular complexity index is 978. The van der Waals surface area contributed by atoms with Crippen molar-refractivity contribution in [2.75, 3.05) is 44.2 Å². The normalized spacial score (nSPS) is 16.4. The highest BCUT2D eigenvalue weighted by atomic mass is 19.1. The van der Waals surface area contributed by atoms with E-state index in [1.807, 2.05) is 30.9 Å². The first kappa shape index (κ1) is 23.9. The van der Waals surface area contributed by atoms with E-state index >= 15 is 0 Å². The van der Waals surface area contributed by atoms with Gasteiger partial charge in [-0.15, -0.1) is 10.2 Å². The van der Waals surface area contributed by atoms with Crippen molar-refractivity contribution in [1.29, 1.82) is 0 Å². The van der Waals surface area contributed by atoms with Gasteiger partial charge in [0.1, 0.15) is 12.4 Å². The summed E-state index contributed by atoms with van der Waals surface area (Å²) in [4.78, 5) is 31.3. The number of amides is 3. The fourth-order valence-electron chi connectivity index (χ4n) is 4.10. The average molecular weight is 469 g/mol. The van der Waals surface area contributed by atoms with Gasteiger partial charge in [0.05, 0.1) is 5.69 Å². The SMILES string of the molecule is CC(C)NC(=O)N(CC(=O)N1CCCN(c2ccc(-c3ccc(F)cc3)nn2)CC1)CC1CC1. The number of carbonyl (C=O) groups is 2. The summed E-state index contributed by atoms with van der Waals surface area (Å²) in [5.41, 5.74) is 1.50. The third-order valence-corrected chi connectivity index (χ3v) is 6.16. The molecular formula is C25H33FN6O2.